The number of hydrogen-bond acceptors (Lipinski definition) is 4. The van der Waals surface area contributed by atoms with Gasteiger partial charge >= 0.3 is 0 Å². The molecule has 0 atom stereocenters. The highest BCUT2D eigenvalue weighted by Gasteiger charge is 2.18. The van der Waals surface area contributed by atoms with E-state index in [1.165, 1.54) is 0 Å². The van der Waals surface area contributed by atoms with Crippen LogP contribution in [0.1, 0.15) is 48.6 Å². The van der Waals surface area contributed by atoms with Crippen molar-refractivity contribution in [2.24, 2.45) is 0 Å². The zero-order valence-electron chi connectivity index (χ0n) is 11.6. The molecule has 1 aliphatic rings. The van der Waals surface area contributed by atoms with Gasteiger partial charge in [0.2, 0.25) is 0 Å². The zero-order valence-corrected chi connectivity index (χ0v) is 11.6. The molecule has 1 saturated heterocycles. The van der Waals surface area contributed by atoms with E-state index in [1.54, 1.807) is 6.20 Å². The van der Waals surface area contributed by atoms with Crippen molar-refractivity contribution in [2.45, 2.75) is 38.1 Å². The van der Waals surface area contributed by atoms with Crippen LogP contribution in [-0.2, 0) is 0 Å². The van der Waals surface area contributed by atoms with Crippen LogP contribution < -0.4 is 10.6 Å². The SMILES string of the molecule is C#CCCCCNC(=O)c1cn(C2CCNCC2)nn1. The lowest BCUT2D eigenvalue weighted by molar-refractivity contribution is 0.0948. The minimum atomic E-state index is -0.161. The Labute approximate surface area is 119 Å². The fourth-order valence-electron chi connectivity index (χ4n) is 2.27. The van der Waals surface area contributed by atoms with Crippen molar-refractivity contribution >= 4 is 5.91 Å². The van der Waals surface area contributed by atoms with E-state index < -0.39 is 0 Å². The monoisotopic (exact) mass is 275 g/mol. The van der Waals surface area contributed by atoms with Gasteiger partial charge in [-0.3, -0.25) is 4.79 Å². The number of aromatic nitrogens is 3. The summed E-state index contributed by atoms with van der Waals surface area (Å²) in [5.41, 5.74) is 0.389. The minimum Gasteiger partial charge on any atom is -0.351 e. The lowest BCUT2D eigenvalue weighted by Gasteiger charge is -2.22. The Morgan fingerprint density at radius 2 is 2.30 bits per heavy atom. The van der Waals surface area contributed by atoms with Crippen LogP contribution in [0.3, 0.4) is 0 Å². The molecule has 0 spiro atoms. The summed E-state index contributed by atoms with van der Waals surface area (Å²) >= 11 is 0. The van der Waals surface area contributed by atoms with E-state index in [1.807, 2.05) is 4.68 Å². The van der Waals surface area contributed by atoms with Gasteiger partial charge in [0.15, 0.2) is 5.69 Å². The molecule has 0 bridgehead atoms. The molecular weight excluding hydrogens is 254 g/mol. The fraction of sp³-hybridized carbons (Fsp3) is 0.643. The maximum Gasteiger partial charge on any atom is 0.273 e. The van der Waals surface area contributed by atoms with Gasteiger partial charge in [0.1, 0.15) is 0 Å². The molecule has 1 amide bonds. The van der Waals surface area contributed by atoms with Gasteiger partial charge in [-0.1, -0.05) is 5.21 Å². The van der Waals surface area contributed by atoms with Gasteiger partial charge in [-0.15, -0.1) is 17.4 Å². The molecule has 0 saturated carbocycles. The second-order valence-electron chi connectivity index (χ2n) is 4.98. The number of terminal acetylenes is 1. The Kier molecular flexibility index (Phi) is 5.56. The first-order valence-corrected chi connectivity index (χ1v) is 7.15. The Balaban J connectivity index is 1.79. The molecular formula is C14H21N5O. The summed E-state index contributed by atoms with van der Waals surface area (Å²) < 4.78 is 1.81. The van der Waals surface area contributed by atoms with Crippen LogP contribution in [0.25, 0.3) is 0 Å². The minimum absolute atomic E-state index is 0.161. The first-order chi connectivity index (χ1) is 9.81. The van der Waals surface area contributed by atoms with Gasteiger partial charge < -0.3 is 10.6 Å². The second kappa shape index (κ2) is 7.65. The number of carbonyl (C=O) groups excluding carboxylic acids is 1. The Bertz CT molecular complexity index is 470. The molecule has 0 radical (unpaired) electrons. The molecule has 2 N–H and O–H groups in total. The van der Waals surface area contributed by atoms with Gasteiger partial charge in [0.25, 0.3) is 5.91 Å². The number of unbranched alkanes of at least 4 members (excludes halogenated alkanes) is 2. The van der Waals surface area contributed by atoms with Gasteiger partial charge in [-0.05, 0) is 38.8 Å². The molecule has 1 aromatic rings. The van der Waals surface area contributed by atoms with Crippen molar-refractivity contribution in [3.63, 3.8) is 0 Å². The molecule has 0 aromatic carbocycles. The highest BCUT2D eigenvalue weighted by atomic mass is 16.2. The molecule has 108 valence electrons. The summed E-state index contributed by atoms with van der Waals surface area (Å²) in [7, 11) is 0. The topological polar surface area (TPSA) is 71.8 Å². The molecule has 2 rings (SSSR count). The van der Waals surface area contributed by atoms with Crippen LogP contribution in [0.2, 0.25) is 0 Å². The standard InChI is InChI=1S/C14H21N5O/c1-2-3-4-5-8-16-14(20)13-11-19(18-17-13)12-6-9-15-10-7-12/h1,11-12,15H,3-10H2,(H,16,20). The second-order valence-corrected chi connectivity index (χ2v) is 4.98. The normalized spacial score (nSPS) is 15.8. The molecule has 1 fully saturated rings. The average Bonchev–Trinajstić information content (AvgIpc) is 2.98. The molecule has 1 aliphatic heterocycles. The molecule has 6 heteroatoms. The van der Waals surface area contributed by atoms with Crippen LogP contribution >= 0.6 is 0 Å². The third-order valence-electron chi connectivity index (χ3n) is 3.46. The summed E-state index contributed by atoms with van der Waals surface area (Å²) in [6.07, 6.45) is 11.5. The number of nitrogens with one attached hydrogen (secondary N) is 2. The first-order valence-electron chi connectivity index (χ1n) is 7.15. The molecule has 0 unspecified atom stereocenters. The van der Waals surface area contributed by atoms with Gasteiger partial charge in [-0.2, -0.15) is 0 Å². The van der Waals surface area contributed by atoms with E-state index in [0.29, 0.717) is 18.3 Å². The van der Waals surface area contributed by atoms with E-state index in [2.05, 4.69) is 26.9 Å². The molecule has 20 heavy (non-hydrogen) atoms. The summed E-state index contributed by atoms with van der Waals surface area (Å²) in [5.74, 6) is 2.42. The van der Waals surface area contributed by atoms with Crippen molar-refractivity contribution in [2.75, 3.05) is 19.6 Å². The fourth-order valence-corrected chi connectivity index (χ4v) is 2.27. The van der Waals surface area contributed by atoms with E-state index in [9.17, 15) is 4.79 Å². The summed E-state index contributed by atoms with van der Waals surface area (Å²) in [5, 5.41) is 14.2. The van der Waals surface area contributed by atoms with Crippen molar-refractivity contribution in [3.8, 4) is 12.3 Å². The summed E-state index contributed by atoms with van der Waals surface area (Å²) in [6, 6.07) is 0.348. The quantitative estimate of drug-likeness (QED) is 0.593. The first kappa shape index (κ1) is 14.5. The van der Waals surface area contributed by atoms with Crippen LogP contribution in [-0.4, -0.2) is 40.5 Å². The summed E-state index contributed by atoms with van der Waals surface area (Å²) in [4.78, 5) is 11.9. The molecule has 6 nitrogen and oxygen atoms in total. The van der Waals surface area contributed by atoms with E-state index >= 15 is 0 Å². The lowest BCUT2D eigenvalue weighted by atomic mass is 10.1. The molecule has 2 heterocycles. The number of rotatable bonds is 6. The van der Waals surface area contributed by atoms with Crippen LogP contribution in [0, 0.1) is 12.3 Å². The average molecular weight is 275 g/mol. The maximum absolute atomic E-state index is 11.9. The Morgan fingerprint density at radius 1 is 1.50 bits per heavy atom. The van der Waals surface area contributed by atoms with E-state index in [4.69, 9.17) is 6.42 Å². The van der Waals surface area contributed by atoms with E-state index in [-0.39, 0.29) is 5.91 Å². The van der Waals surface area contributed by atoms with Gasteiger partial charge in [-0.25, -0.2) is 4.68 Å². The van der Waals surface area contributed by atoms with Crippen molar-refractivity contribution < 1.29 is 4.79 Å². The Morgan fingerprint density at radius 3 is 3.05 bits per heavy atom. The number of piperidine rings is 1. The van der Waals surface area contributed by atoms with Crippen molar-refractivity contribution in [1.29, 1.82) is 0 Å². The predicted molar refractivity (Wildman–Crippen MR) is 76.2 cm³/mol. The highest BCUT2D eigenvalue weighted by Crippen LogP contribution is 2.16. The Hall–Kier alpha value is -1.87. The number of hydrogen-bond donors (Lipinski definition) is 2. The van der Waals surface area contributed by atoms with Crippen LogP contribution in [0.15, 0.2) is 6.20 Å². The van der Waals surface area contributed by atoms with Crippen LogP contribution in [0.5, 0.6) is 0 Å². The predicted octanol–water partition coefficient (Wildman–Crippen LogP) is 0.736. The van der Waals surface area contributed by atoms with Crippen molar-refractivity contribution in [1.82, 2.24) is 25.6 Å². The number of nitrogens with zero attached hydrogens (tertiary/aromatic N) is 3. The zero-order chi connectivity index (χ0) is 14.2. The third kappa shape index (κ3) is 4.07. The van der Waals surface area contributed by atoms with Crippen LogP contribution in [0.4, 0.5) is 0 Å². The third-order valence-corrected chi connectivity index (χ3v) is 3.46. The highest BCUT2D eigenvalue weighted by molar-refractivity contribution is 5.91. The van der Waals surface area contributed by atoms with Gasteiger partial charge in [0.05, 0.1) is 12.2 Å². The van der Waals surface area contributed by atoms with Crippen molar-refractivity contribution in [3.05, 3.63) is 11.9 Å². The summed E-state index contributed by atoms with van der Waals surface area (Å²) in [6.45, 7) is 2.60. The largest absolute Gasteiger partial charge is 0.351 e. The number of carbonyl (C=O) groups is 1. The maximum atomic E-state index is 11.9. The van der Waals surface area contributed by atoms with Gasteiger partial charge in [0, 0.05) is 13.0 Å². The lowest BCUT2D eigenvalue weighted by Crippen LogP contribution is -2.29. The smallest absolute Gasteiger partial charge is 0.273 e. The molecule has 1 aromatic heterocycles. The molecule has 0 aliphatic carbocycles. The van der Waals surface area contributed by atoms with E-state index in [0.717, 1.165) is 45.2 Å². The number of amides is 1.